The monoisotopic (exact) mass is 425 g/mol. The van der Waals surface area contributed by atoms with E-state index in [1.54, 1.807) is 16.7 Å². The van der Waals surface area contributed by atoms with Crippen molar-refractivity contribution >= 4 is 39.1 Å². The lowest BCUT2D eigenvalue weighted by Gasteiger charge is -2.34. The molecular weight excluding hydrogens is 402 g/mol. The van der Waals surface area contributed by atoms with Gasteiger partial charge in [-0.25, -0.2) is 4.98 Å². The smallest absolute Gasteiger partial charge is 0.264 e. The summed E-state index contributed by atoms with van der Waals surface area (Å²) >= 11 is 1.24. The van der Waals surface area contributed by atoms with E-state index < -0.39 is 0 Å². The number of thiophene rings is 1. The third kappa shape index (κ3) is 3.56. The average Bonchev–Trinajstić information content (AvgIpc) is 3.10. The SMILES string of the molecule is Cc1c(C(=O)N2CCN(C(=O)c3cccc(N(C)C)c3)CC2)sc2nc[nH]c(=O)c12. The van der Waals surface area contributed by atoms with E-state index in [9.17, 15) is 14.4 Å². The lowest BCUT2D eigenvalue weighted by Crippen LogP contribution is -2.50. The van der Waals surface area contributed by atoms with Gasteiger partial charge in [-0.3, -0.25) is 14.4 Å². The Balaban J connectivity index is 1.47. The molecule has 9 heteroatoms. The van der Waals surface area contributed by atoms with Gasteiger partial charge in [-0.15, -0.1) is 11.3 Å². The molecule has 0 unspecified atom stereocenters. The first kappa shape index (κ1) is 20.1. The van der Waals surface area contributed by atoms with Gasteiger partial charge in [-0.05, 0) is 30.7 Å². The summed E-state index contributed by atoms with van der Waals surface area (Å²) in [6.45, 7) is 3.63. The fraction of sp³-hybridized carbons (Fsp3) is 0.333. The van der Waals surface area contributed by atoms with Gasteiger partial charge < -0.3 is 19.7 Å². The van der Waals surface area contributed by atoms with Crippen LogP contribution in [0.25, 0.3) is 10.2 Å². The molecule has 1 fully saturated rings. The van der Waals surface area contributed by atoms with E-state index in [4.69, 9.17) is 0 Å². The summed E-state index contributed by atoms with van der Waals surface area (Å²) in [5.74, 6) is -0.142. The number of rotatable bonds is 3. The van der Waals surface area contributed by atoms with Crippen LogP contribution in [0.2, 0.25) is 0 Å². The van der Waals surface area contributed by atoms with Crippen molar-refractivity contribution in [2.75, 3.05) is 45.2 Å². The molecule has 1 aliphatic rings. The average molecular weight is 426 g/mol. The minimum Gasteiger partial charge on any atom is -0.378 e. The topological polar surface area (TPSA) is 89.6 Å². The summed E-state index contributed by atoms with van der Waals surface area (Å²) in [6.07, 6.45) is 1.35. The maximum Gasteiger partial charge on any atom is 0.264 e. The molecule has 0 aliphatic carbocycles. The number of carbonyl (C=O) groups excluding carboxylic acids is 2. The molecule has 1 saturated heterocycles. The molecule has 0 radical (unpaired) electrons. The molecule has 0 saturated carbocycles. The number of aromatic amines is 1. The van der Waals surface area contributed by atoms with Crippen molar-refractivity contribution in [1.82, 2.24) is 19.8 Å². The van der Waals surface area contributed by atoms with Crippen LogP contribution in [-0.4, -0.2) is 71.9 Å². The van der Waals surface area contributed by atoms with Crippen molar-refractivity contribution < 1.29 is 9.59 Å². The molecule has 2 aromatic heterocycles. The van der Waals surface area contributed by atoms with Crippen molar-refractivity contribution in [2.24, 2.45) is 0 Å². The van der Waals surface area contributed by atoms with Crippen LogP contribution in [0.4, 0.5) is 5.69 Å². The number of piperazine rings is 1. The van der Waals surface area contributed by atoms with Crippen molar-refractivity contribution in [3.8, 4) is 0 Å². The number of hydrogen-bond donors (Lipinski definition) is 1. The molecule has 1 aromatic carbocycles. The second-order valence-electron chi connectivity index (χ2n) is 7.50. The van der Waals surface area contributed by atoms with E-state index in [0.717, 1.165) is 5.69 Å². The van der Waals surface area contributed by atoms with Crippen LogP contribution in [0, 0.1) is 6.92 Å². The fourth-order valence-electron chi connectivity index (χ4n) is 3.64. The Morgan fingerprint density at radius 1 is 1.10 bits per heavy atom. The van der Waals surface area contributed by atoms with E-state index in [1.165, 1.54) is 17.7 Å². The molecule has 30 heavy (non-hydrogen) atoms. The standard InChI is InChI=1S/C21H23N5O3S/c1-13-16-18(27)22-12-23-19(16)30-17(13)21(29)26-9-7-25(8-10-26)20(28)14-5-4-6-15(11-14)24(2)3/h4-6,11-12H,7-10H2,1-3H3,(H,22,23,27). The van der Waals surface area contributed by atoms with E-state index >= 15 is 0 Å². The highest BCUT2D eigenvalue weighted by Crippen LogP contribution is 2.28. The predicted molar refractivity (Wildman–Crippen MR) is 118 cm³/mol. The normalized spacial score (nSPS) is 14.2. The molecule has 0 spiro atoms. The molecule has 0 bridgehead atoms. The number of anilines is 1. The van der Waals surface area contributed by atoms with Crippen LogP contribution < -0.4 is 10.5 Å². The summed E-state index contributed by atoms with van der Waals surface area (Å²) in [5.41, 5.74) is 2.04. The van der Waals surface area contributed by atoms with Crippen molar-refractivity contribution in [3.05, 3.63) is 57.0 Å². The summed E-state index contributed by atoms with van der Waals surface area (Å²) in [4.78, 5) is 51.3. The van der Waals surface area contributed by atoms with Gasteiger partial charge in [0.25, 0.3) is 17.4 Å². The number of H-pyrrole nitrogens is 1. The number of fused-ring (bicyclic) bond motifs is 1. The fourth-order valence-corrected chi connectivity index (χ4v) is 4.76. The molecule has 8 nitrogen and oxygen atoms in total. The Labute approximate surface area is 177 Å². The van der Waals surface area contributed by atoms with Gasteiger partial charge in [-0.1, -0.05) is 6.07 Å². The lowest BCUT2D eigenvalue weighted by molar-refractivity contribution is 0.0538. The number of hydrogen-bond acceptors (Lipinski definition) is 6. The number of carbonyl (C=O) groups is 2. The Hall–Kier alpha value is -3.20. The second kappa shape index (κ2) is 7.91. The number of aromatic nitrogens is 2. The largest absolute Gasteiger partial charge is 0.378 e. The Morgan fingerprint density at radius 2 is 1.77 bits per heavy atom. The summed E-state index contributed by atoms with van der Waals surface area (Å²) in [5, 5.41) is 0.473. The quantitative estimate of drug-likeness (QED) is 0.693. The Bertz CT molecular complexity index is 1170. The van der Waals surface area contributed by atoms with Crippen LogP contribution >= 0.6 is 11.3 Å². The van der Waals surface area contributed by atoms with Crippen molar-refractivity contribution in [3.63, 3.8) is 0 Å². The molecule has 1 aliphatic heterocycles. The third-order valence-electron chi connectivity index (χ3n) is 5.39. The Kier molecular flexibility index (Phi) is 5.29. The molecule has 156 valence electrons. The van der Waals surface area contributed by atoms with Crippen LogP contribution in [0.3, 0.4) is 0 Å². The summed E-state index contributed by atoms with van der Waals surface area (Å²) in [7, 11) is 3.88. The highest BCUT2D eigenvalue weighted by molar-refractivity contribution is 7.20. The number of nitrogens with zero attached hydrogens (tertiary/aromatic N) is 4. The maximum atomic E-state index is 13.1. The maximum absolute atomic E-state index is 13.1. The first-order chi connectivity index (χ1) is 14.4. The van der Waals surface area contributed by atoms with Crippen molar-refractivity contribution in [1.29, 1.82) is 0 Å². The number of benzene rings is 1. The van der Waals surface area contributed by atoms with Gasteiger partial charge in [0, 0.05) is 51.5 Å². The summed E-state index contributed by atoms with van der Waals surface area (Å²) in [6, 6.07) is 7.53. The van der Waals surface area contributed by atoms with Crippen LogP contribution in [0.1, 0.15) is 25.6 Å². The number of amides is 2. The van der Waals surface area contributed by atoms with Crippen LogP contribution in [0.15, 0.2) is 35.4 Å². The van der Waals surface area contributed by atoms with Gasteiger partial charge >= 0.3 is 0 Å². The Morgan fingerprint density at radius 3 is 2.40 bits per heavy atom. The van der Waals surface area contributed by atoms with Crippen LogP contribution in [0.5, 0.6) is 0 Å². The van der Waals surface area contributed by atoms with Crippen molar-refractivity contribution in [2.45, 2.75) is 6.92 Å². The number of nitrogens with one attached hydrogen (secondary N) is 1. The molecule has 4 rings (SSSR count). The first-order valence-electron chi connectivity index (χ1n) is 9.69. The van der Waals surface area contributed by atoms with Crippen LogP contribution in [-0.2, 0) is 0 Å². The first-order valence-corrected chi connectivity index (χ1v) is 10.5. The van der Waals surface area contributed by atoms with E-state index in [-0.39, 0.29) is 17.4 Å². The molecule has 3 aromatic rings. The van der Waals surface area contributed by atoms with E-state index in [1.807, 2.05) is 43.3 Å². The minimum absolute atomic E-state index is 0.0282. The summed E-state index contributed by atoms with van der Waals surface area (Å²) < 4.78 is 0. The molecule has 2 amide bonds. The number of aryl methyl sites for hydroxylation is 1. The lowest BCUT2D eigenvalue weighted by atomic mass is 10.1. The molecule has 3 heterocycles. The minimum atomic E-state index is -0.233. The van der Waals surface area contributed by atoms with E-state index in [2.05, 4.69) is 9.97 Å². The van der Waals surface area contributed by atoms with Gasteiger partial charge in [-0.2, -0.15) is 0 Å². The molecule has 0 atom stereocenters. The second-order valence-corrected chi connectivity index (χ2v) is 8.50. The zero-order valence-electron chi connectivity index (χ0n) is 17.1. The predicted octanol–water partition coefficient (Wildman–Crippen LogP) is 1.96. The molecule has 1 N–H and O–H groups in total. The zero-order chi connectivity index (χ0) is 21.4. The highest BCUT2D eigenvalue weighted by atomic mass is 32.1. The van der Waals surface area contributed by atoms with Gasteiger partial charge in [0.15, 0.2) is 0 Å². The van der Waals surface area contributed by atoms with E-state index in [0.29, 0.717) is 52.4 Å². The molecular formula is C21H23N5O3S. The zero-order valence-corrected chi connectivity index (χ0v) is 18.0. The van der Waals surface area contributed by atoms with Gasteiger partial charge in [0.05, 0.1) is 16.6 Å². The van der Waals surface area contributed by atoms with Gasteiger partial charge in [0.2, 0.25) is 0 Å². The third-order valence-corrected chi connectivity index (χ3v) is 6.58. The highest BCUT2D eigenvalue weighted by Gasteiger charge is 2.28. The van der Waals surface area contributed by atoms with Gasteiger partial charge in [0.1, 0.15) is 4.83 Å².